The third-order valence-electron chi connectivity index (χ3n) is 6.74. The first-order chi connectivity index (χ1) is 19.9. The van der Waals surface area contributed by atoms with Gasteiger partial charge in [-0.2, -0.15) is 0 Å². The van der Waals surface area contributed by atoms with Gasteiger partial charge in [-0.05, 0) is 72.3 Å². The first kappa shape index (κ1) is 29.3. The van der Waals surface area contributed by atoms with Gasteiger partial charge in [0, 0.05) is 30.3 Å². The Bertz CT molecular complexity index is 1380. The molecule has 4 N–H and O–H groups in total. The van der Waals surface area contributed by atoms with E-state index < -0.39 is 23.8 Å². The third kappa shape index (κ3) is 8.17. The minimum Gasteiger partial charge on any atom is -0.454 e. The SMILES string of the molecule is CCN(CC)Cc1ccc(C[C@H](NC(=O)/C=C/c2ccc3c(c2)OCO3)C(=O)Nc2ccc(C(=O)NO)cc2)cc1. The molecule has 0 aliphatic carbocycles. The predicted molar refractivity (Wildman–Crippen MR) is 155 cm³/mol. The molecule has 1 aliphatic rings. The first-order valence-electron chi connectivity index (χ1n) is 13.4. The molecule has 1 heterocycles. The molecule has 0 aromatic heterocycles. The zero-order valence-electron chi connectivity index (χ0n) is 23.1. The van der Waals surface area contributed by atoms with Gasteiger partial charge in [0.15, 0.2) is 11.5 Å². The van der Waals surface area contributed by atoms with Crippen LogP contribution in [-0.4, -0.2) is 53.8 Å². The second-order valence-corrected chi connectivity index (χ2v) is 9.50. The monoisotopic (exact) mass is 558 g/mol. The molecule has 0 spiro atoms. The van der Waals surface area contributed by atoms with Crippen molar-refractivity contribution < 1.29 is 29.1 Å². The molecule has 3 aromatic rings. The van der Waals surface area contributed by atoms with Crippen molar-refractivity contribution in [3.63, 3.8) is 0 Å². The summed E-state index contributed by atoms with van der Waals surface area (Å²) < 4.78 is 10.7. The van der Waals surface area contributed by atoms with Crippen LogP contribution in [0.3, 0.4) is 0 Å². The Labute approximate surface area is 238 Å². The van der Waals surface area contributed by atoms with E-state index in [1.807, 2.05) is 30.3 Å². The van der Waals surface area contributed by atoms with Gasteiger partial charge in [0.25, 0.3) is 5.91 Å². The molecule has 10 heteroatoms. The summed E-state index contributed by atoms with van der Waals surface area (Å²) in [4.78, 5) is 40.1. The Morgan fingerprint density at radius 1 is 0.927 bits per heavy atom. The smallest absolute Gasteiger partial charge is 0.274 e. The topological polar surface area (TPSA) is 129 Å². The number of benzene rings is 3. The first-order valence-corrected chi connectivity index (χ1v) is 13.4. The van der Waals surface area contributed by atoms with Crippen molar-refractivity contribution in [3.05, 3.63) is 95.1 Å². The van der Waals surface area contributed by atoms with Gasteiger partial charge in [0.2, 0.25) is 18.6 Å². The fourth-order valence-corrected chi connectivity index (χ4v) is 4.34. The van der Waals surface area contributed by atoms with E-state index in [0.717, 1.165) is 30.8 Å². The van der Waals surface area contributed by atoms with Crippen molar-refractivity contribution in [3.8, 4) is 11.5 Å². The quantitative estimate of drug-likeness (QED) is 0.151. The zero-order valence-corrected chi connectivity index (χ0v) is 23.1. The highest BCUT2D eigenvalue weighted by Crippen LogP contribution is 2.32. The van der Waals surface area contributed by atoms with Crippen LogP contribution in [0.15, 0.2) is 72.8 Å². The van der Waals surface area contributed by atoms with E-state index in [0.29, 0.717) is 17.2 Å². The van der Waals surface area contributed by atoms with Gasteiger partial charge in [-0.15, -0.1) is 0 Å². The highest BCUT2D eigenvalue weighted by atomic mass is 16.7. The molecule has 0 fully saturated rings. The summed E-state index contributed by atoms with van der Waals surface area (Å²) in [7, 11) is 0. The number of hydroxylamine groups is 1. The van der Waals surface area contributed by atoms with Gasteiger partial charge < -0.3 is 20.1 Å². The molecular weight excluding hydrogens is 524 g/mol. The van der Waals surface area contributed by atoms with Crippen LogP contribution in [0.4, 0.5) is 5.69 Å². The number of carbonyl (C=O) groups is 3. The van der Waals surface area contributed by atoms with Crippen LogP contribution >= 0.6 is 0 Å². The van der Waals surface area contributed by atoms with E-state index in [1.54, 1.807) is 35.8 Å². The molecule has 1 atom stereocenters. The van der Waals surface area contributed by atoms with E-state index in [2.05, 4.69) is 29.4 Å². The summed E-state index contributed by atoms with van der Waals surface area (Å²) >= 11 is 0. The van der Waals surface area contributed by atoms with Gasteiger partial charge >= 0.3 is 0 Å². The van der Waals surface area contributed by atoms with Crippen molar-refractivity contribution in [1.82, 2.24) is 15.7 Å². The van der Waals surface area contributed by atoms with Crippen LogP contribution in [0.2, 0.25) is 0 Å². The second kappa shape index (κ2) is 14.1. The van der Waals surface area contributed by atoms with Gasteiger partial charge in [-0.25, -0.2) is 5.48 Å². The molecule has 0 radical (unpaired) electrons. The highest BCUT2D eigenvalue weighted by molar-refractivity contribution is 6.00. The number of hydrogen-bond acceptors (Lipinski definition) is 7. The average Bonchev–Trinajstić information content (AvgIpc) is 3.47. The molecule has 0 bridgehead atoms. The fraction of sp³-hybridized carbons (Fsp3) is 0.258. The summed E-state index contributed by atoms with van der Waals surface area (Å²) in [6, 6.07) is 18.5. The summed E-state index contributed by atoms with van der Waals surface area (Å²) in [5, 5.41) is 14.4. The normalized spacial score (nSPS) is 12.8. The molecule has 3 amide bonds. The minimum absolute atomic E-state index is 0.160. The number of nitrogens with zero attached hydrogens (tertiary/aromatic N) is 1. The maximum Gasteiger partial charge on any atom is 0.274 e. The molecule has 4 rings (SSSR count). The molecule has 1 aliphatic heterocycles. The predicted octanol–water partition coefficient (Wildman–Crippen LogP) is 3.76. The Kier molecular flexibility index (Phi) is 10.1. The lowest BCUT2D eigenvalue weighted by atomic mass is 10.0. The molecule has 41 heavy (non-hydrogen) atoms. The van der Waals surface area contributed by atoms with Gasteiger partial charge in [-0.1, -0.05) is 44.2 Å². The Morgan fingerprint density at radius 3 is 2.29 bits per heavy atom. The van der Waals surface area contributed by atoms with Crippen LogP contribution in [0.1, 0.15) is 40.9 Å². The van der Waals surface area contributed by atoms with E-state index in [4.69, 9.17) is 14.7 Å². The molecular formula is C31H34N4O6. The van der Waals surface area contributed by atoms with Crippen molar-refractivity contribution >= 4 is 29.5 Å². The molecule has 214 valence electrons. The number of amides is 3. The number of anilines is 1. The largest absolute Gasteiger partial charge is 0.454 e. The number of ether oxygens (including phenoxy) is 2. The Morgan fingerprint density at radius 2 is 1.61 bits per heavy atom. The second-order valence-electron chi connectivity index (χ2n) is 9.50. The molecule has 0 saturated carbocycles. The maximum atomic E-state index is 13.3. The Balaban J connectivity index is 1.47. The van der Waals surface area contributed by atoms with Gasteiger partial charge in [-0.3, -0.25) is 24.5 Å². The lowest BCUT2D eigenvalue weighted by molar-refractivity contribution is -0.123. The van der Waals surface area contributed by atoms with Crippen molar-refractivity contribution in [2.75, 3.05) is 25.2 Å². The lowest BCUT2D eigenvalue weighted by Crippen LogP contribution is -2.44. The number of rotatable bonds is 12. The summed E-state index contributed by atoms with van der Waals surface area (Å²) in [5.41, 5.74) is 5.05. The van der Waals surface area contributed by atoms with E-state index in [9.17, 15) is 14.4 Å². The number of hydrogen-bond donors (Lipinski definition) is 4. The molecule has 3 aromatic carbocycles. The summed E-state index contributed by atoms with van der Waals surface area (Å²) in [6.45, 7) is 7.16. The summed E-state index contributed by atoms with van der Waals surface area (Å²) in [6.07, 6.45) is 3.28. The van der Waals surface area contributed by atoms with Crippen LogP contribution in [0.25, 0.3) is 6.08 Å². The van der Waals surface area contributed by atoms with E-state index >= 15 is 0 Å². The van der Waals surface area contributed by atoms with Crippen molar-refractivity contribution in [2.45, 2.75) is 32.9 Å². The standard InChI is InChI=1S/C31H34N4O6/c1-3-35(4-2)19-23-7-5-21(6-8-23)17-26(31(38)32-25-13-11-24(12-14-25)30(37)34-39)33-29(36)16-10-22-9-15-27-28(18-22)41-20-40-27/h5-16,18,26,39H,3-4,17,19-20H2,1-2H3,(H,32,38)(H,33,36)(H,34,37)/b16-10+/t26-/m0/s1. The summed E-state index contributed by atoms with van der Waals surface area (Å²) in [5.74, 6) is -0.253. The third-order valence-corrected chi connectivity index (χ3v) is 6.74. The van der Waals surface area contributed by atoms with Gasteiger partial charge in [0.1, 0.15) is 6.04 Å². The highest BCUT2D eigenvalue weighted by Gasteiger charge is 2.21. The average molecular weight is 559 g/mol. The van der Waals surface area contributed by atoms with Gasteiger partial charge in [0.05, 0.1) is 0 Å². The molecule has 0 saturated heterocycles. The molecule has 10 nitrogen and oxygen atoms in total. The van der Waals surface area contributed by atoms with E-state index in [1.165, 1.54) is 23.8 Å². The van der Waals surface area contributed by atoms with Crippen LogP contribution in [0.5, 0.6) is 11.5 Å². The van der Waals surface area contributed by atoms with E-state index in [-0.39, 0.29) is 18.8 Å². The number of fused-ring (bicyclic) bond motifs is 1. The van der Waals surface area contributed by atoms with Crippen LogP contribution in [-0.2, 0) is 22.6 Å². The molecule has 0 unspecified atom stereocenters. The van der Waals surface area contributed by atoms with Crippen molar-refractivity contribution in [1.29, 1.82) is 0 Å². The van der Waals surface area contributed by atoms with Crippen LogP contribution < -0.4 is 25.6 Å². The number of nitrogens with one attached hydrogen (secondary N) is 3. The van der Waals surface area contributed by atoms with Crippen LogP contribution in [0, 0.1) is 0 Å². The lowest BCUT2D eigenvalue weighted by Gasteiger charge is -2.20. The maximum absolute atomic E-state index is 13.3. The zero-order chi connectivity index (χ0) is 29.2. The number of carbonyl (C=O) groups excluding carboxylic acids is 3. The fourth-order valence-electron chi connectivity index (χ4n) is 4.34. The minimum atomic E-state index is -0.877. The van der Waals surface area contributed by atoms with Crippen molar-refractivity contribution in [2.24, 2.45) is 0 Å². The Hall–Kier alpha value is -4.67.